The lowest BCUT2D eigenvalue weighted by Crippen LogP contribution is -2.12. The Labute approximate surface area is 143 Å². The Morgan fingerprint density at radius 2 is 2.04 bits per heavy atom. The molecule has 0 atom stereocenters. The molecule has 124 valence electrons. The second-order valence-electron chi connectivity index (χ2n) is 4.71. The minimum atomic E-state index is -3.79. The van der Waals surface area contributed by atoms with Gasteiger partial charge in [0.2, 0.25) is 0 Å². The number of hydrogen-bond donors (Lipinski definition) is 0. The zero-order valence-electron chi connectivity index (χ0n) is 12.4. The molecule has 1 heterocycles. The summed E-state index contributed by atoms with van der Waals surface area (Å²) in [5, 5.41) is 0. The molecule has 0 fully saturated rings. The Morgan fingerprint density at radius 1 is 1.26 bits per heavy atom. The summed E-state index contributed by atoms with van der Waals surface area (Å²) in [6.45, 7) is 1.20. The summed E-state index contributed by atoms with van der Waals surface area (Å²) in [6.07, 6.45) is 1.87. The van der Waals surface area contributed by atoms with E-state index in [0.717, 1.165) is 9.54 Å². The molecule has 6 nitrogen and oxygen atoms in total. The van der Waals surface area contributed by atoms with E-state index in [1.165, 1.54) is 18.3 Å². The van der Waals surface area contributed by atoms with Crippen LogP contribution in [0.4, 0.5) is 0 Å². The SMILES string of the molecule is COCCOCc1cccc(S(=O)(=O)n2cc(C=O)cc2Br)c1. The summed E-state index contributed by atoms with van der Waals surface area (Å²) >= 11 is 3.16. The summed E-state index contributed by atoms with van der Waals surface area (Å²) in [5.74, 6) is 0. The maximum Gasteiger partial charge on any atom is 0.268 e. The van der Waals surface area contributed by atoms with E-state index in [1.807, 2.05) is 0 Å². The van der Waals surface area contributed by atoms with Crippen LogP contribution in [0.15, 0.2) is 46.0 Å². The van der Waals surface area contributed by atoms with Gasteiger partial charge in [0, 0.05) is 18.9 Å². The molecule has 0 amide bonds. The number of carbonyl (C=O) groups is 1. The first kappa shape index (κ1) is 17.9. The molecule has 0 aliphatic carbocycles. The lowest BCUT2D eigenvalue weighted by Gasteiger charge is -2.09. The lowest BCUT2D eigenvalue weighted by atomic mass is 10.2. The molecule has 8 heteroatoms. The van der Waals surface area contributed by atoms with Gasteiger partial charge < -0.3 is 9.47 Å². The van der Waals surface area contributed by atoms with Crippen LogP contribution in [0, 0.1) is 0 Å². The van der Waals surface area contributed by atoms with Crippen molar-refractivity contribution in [3.05, 3.63) is 52.3 Å². The quantitative estimate of drug-likeness (QED) is 0.501. The average molecular weight is 402 g/mol. The van der Waals surface area contributed by atoms with Gasteiger partial charge in [-0.1, -0.05) is 12.1 Å². The van der Waals surface area contributed by atoms with E-state index in [2.05, 4.69) is 15.9 Å². The number of hydrogen-bond acceptors (Lipinski definition) is 5. The molecule has 0 spiro atoms. The first-order valence-electron chi connectivity index (χ1n) is 6.73. The van der Waals surface area contributed by atoms with Crippen molar-refractivity contribution in [2.24, 2.45) is 0 Å². The van der Waals surface area contributed by atoms with Crippen LogP contribution < -0.4 is 0 Å². The third-order valence-electron chi connectivity index (χ3n) is 3.05. The van der Waals surface area contributed by atoms with Gasteiger partial charge in [-0.25, -0.2) is 12.4 Å². The summed E-state index contributed by atoms with van der Waals surface area (Å²) in [5.41, 5.74) is 1.01. The van der Waals surface area contributed by atoms with Crippen molar-refractivity contribution in [2.75, 3.05) is 20.3 Å². The van der Waals surface area contributed by atoms with E-state index < -0.39 is 10.0 Å². The molecule has 0 unspecified atom stereocenters. The number of halogens is 1. The second-order valence-corrected chi connectivity index (χ2v) is 7.34. The minimum absolute atomic E-state index is 0.124. The summed E-state index contributed by atoms with van der Waals surface area (Å²) in [7, 11) is -2.20. The topological polar surface area (TPSA) is 74.6 Å². The first-order chi connectivity index (χ1) is 11.0. The van der Waals surface area contributed by atoms with Crippen LogP contribution in [0.1, 0.15) is 15.9 Å². The zero-order chi connectivity index (χ0) is 16.9. The number of aldehydes is 1. The fraction of sp³-hybridized carbons (Fsp3) is 0.267. The van der Waals surface area contributed by atoms with Gasteiger partial charge in [-0.2, -0.15) is 0 Å². The zero-order valence-corrected chi connectivity index (χ0v) is 14.8. The van der Waals surface area contributed by atoms with Crippen molar-refractivity contribution in [1.29, 1.82) is 0 Å². The largest absolute Gasteiger partial charge is 0.382 e. The number of benzene rings is 1. The molecular formula is C15H16BrNO5S. The van der Waals surface area contributed by atoms with E-state index in [-0.39, 0.29) is 10.5 Å². The highest BCUT2D eigenvalue weighted by Gasteiger charge is 2.20. The van der Waals surface area contributed by atoms with Crippen molar-refractivity contribution in [3.63, 3.8) is 0 Å². The molecule has 23 heavy (non-hydrogen) atoms. The molecule has 0 bridgehead atoms. The van der Waals surface area contributed by atoms with Gasteiger partial charge in [-0.05, 0) is 39.7 Å². The van der Waals surface area contributed by atoms with Gasteiger partial charge >= 0.3 is 0 Å². The summed E-state index contributed by atoms with van der Waals surface area (Å²) < 4.78 is 36.9. The number of ether oxygens (including phenoxy) is 2. The van der Waals surface area contributed by atoms with E-state index >= 15 is 0 Å². The second kappa shape index (κ2) is 7.87. The van der Waals surface area contributed by atoms with Crippen molar-refractivity contribution < 1.29 is 22.7 Å². The Hall–Kier alpha value is -1.48. The Morgan fingerprint density at radius 3 is 2.70 bits per heavy atom. The highest BCUT2D eigenvalue weighted by atomic mass is 79.9. The average Bonchev–Trinajstić information content (AvgIpc) is 2.94. The van der Waals surface area contributed by atoms with Crippen LogP contribution in [-0.4, -0.2) is 39.0 Å². The molecule has 0 aliphatic heterocycles. The van der Waals surface area contributed by atoms with Gasteiger partial charge in [0.15, 0.2) is 6.29 Å². The molecule has 0 radical (unpaired) electrons. The van der Waals surface area contributed by atoms with E-state index in [1.54, 1.807) is 25.3 Å². The molecule has 2 aromatic rings. The van der Waals surface area contributed by atoms with Crippen LogP contribution in [-0.2, 0) is 26.1 Å². The van der Waals surface area contributed by atoms with Crippen molar-refractivity contribution >= 4 is 32.2 Å². The maximum absolute atomic E-state index is 12.7. The Kier molecular flexibility index (Phi) is 6.11. The third-order valence-corrected chi connectivity index (χ3v) is 5.57. The highest BCUT2D eigenvalue weighted by Crippen LogP contribution is 2.22. The van der Waals surface area contributed by atoms with Gasteiger partial charge in [0.1, 0.15) is 4.60 Å². The van der Waals surface area contributed by atoms with Crippen molar-refractivity contribution in [2.45, 2.75) is 11.5 Å². The molecule has 1 aromatic heterocycles. The number of carbonyl (C=O) groups excluding carboxylic acids is 1. The predicted octanol–water partition coefficient (Wildman–Crippen LogP) is 2.46. The fourth-order valence-electron chi connectivity index (χ4n) is 1.93. The van der Waals surface area contributed by atoms with Crippen molar-refractivity contribution in [1.82, 2.24) is 3.97 Å². The van der Waals surface area contributed by atoms with Gasteiger partial charge in [-0.15, -0.1) is 0 Å². The van der Waals surface area contributed by atoms with E-state index in [9.17, 15) is 13.2 Å². The van der Waals surface area contributed by atoms with E-state index in [0.29, 0.717) is 30.7 Å². The third kappa shape index (κ3) is 4.29. The molecular weight excluding hydrogens is 386 g/mol. The fourth-order valence-corrected chi connectivity index (χ4v) is 4.18. The number of nitrogens with zero attached hydrogens (tertiary/aromatic N) is 1. The van der Waals surface area contributed by atoms with Crippen LogP contribution in [0.5, 0.6) is 0 Å². The Bertz CT molecular complexity index is 785. The van der Waals surface area contributed by atoms with Gasteiger partial charge in [0.25, 0.3) is 10.0 Å². The van der Waals surface area contributed by atoms with Crippen LogP contribution in [0.3, 0.4) is 0 Å². The molecule has 0 saturated carbocycles. The van der Waals surface area contributed by atoms with Crippen LogP contribution in [0.25, 0.3) is 0 Å². The van der Waals surface area contributed by atoms with Crippen molar-refractivity contribution in [3.8, 4) is 0 Å². The number of rotatable bonds is 8. The summed E-state index contributed by atoms with van der Waals surface area (Å²) in [4.78, 5) is 10.9. The van der Waals surface area contributed by atoms with Crippen LogP contribution >= 0.6 is 15.9 Å². The predicted molar refractivity (Wildman–Crippen MR) is 88.1 cm³/mol. The highest BCUT2D eigenvalue weighted by molar-refractivity contribution is 9.10. The number of aromatic nitrogens is 1. The molecule has 0 aliphatic rings. The standard InChI is InChI=1S/C15H16BrNO5S/c1-21-5-6-22-11-12-3-2-4-14(7-12)23(19,20)17-9-13(10-18)8-15(17)16/h2-4,7-10H,5-6,11H2,1H3. The summed E-state index contributed by atoms with van der Waals surface area (Å²) in [6, 6.07) is 7.94. The molecule has 0 N–H and O–H groups in total. The lowest BCUT2D eigenvalue weighted by molar-refractivity contribution is 0.0616. The molecule has 1 aromatic carbocycles. The van der Waals surface area contributed by atoms with E-state index in [4.69, 9.17) is 9.47 Å². The first-order valence-corrected chi connectivity index (χ1v) is 8.96. The maximum atomic E-state index is 12.7. The number of methoxy groups -OCH3 is 1. The normalized spacial score (nSPS) is 11.6. The molecule has 0 saturated heterocycles. The smallest absolute Gasteiger partial charge is 0.268 e. The van der Waals surface area contributed by atoms with Gasteiger partial charge in [-0.3, -0.25) is 4.79 Å². The monoisotopic (exact) mass is 401 g/mol. The molecule has 2 rings (SSSR count). The minimum Gasteiger partial charge on any atom is -0.382 e. The van der Waals surface area contributed by atoms with Crippen LogP contribution in [0.2, 0.25) is 0 Å². The van der Waals surface area contributed by atoms with Gasteiger partial charge in [0.05, 0.1) is 24.7 Å². The Balaban J connectivity index is 2.26.